The molecule has 0 aromatic carbocycles. The highest BCUT2D eigenvalue weighted by atomic mass is 15.6. The van der Waals surface area contributed by atoms with E-state index in [0.717, 1.165) is 13.0 Å². The number of rotatable bonds is 6. The summed E-state index contributed by atoms with van der Waals surface area (Å²) in [6.07, 6.45) is 8.87. The van der Waals surface area contributed by atoms with Crippen LogP contribution in [0.15, 0.2) is 5.10 Å². The van der Waals surface area contributed by atoms with Gasteiger partial charge < -0.3 is 0 Å². The number of hydrazone groups is 1. The van der Waals surface area contributed by atoms with Crippen molar-refractivity contribution in [1.29, 1.82) is 5.26 Å². The second kappa shape index (κ2) is 6.37. The topological polar surface area (TPSA) is 42.6 Å². The van der Waals surface area contributed by atoms with E-state index in [1.54, 1.807) is 11.2 Å². The van der Waals surface area contributed by atoms with Crippen molar-refractivity contribution in [2.75, 3.05) is 6.54 Å². The maximum absolute atomic E-state index is 8.97. The van der Waals surface area contributed by atoms with Crippen molar-refractivity contribution in [3.8, 4) is 6.19 Å². The van der Waals surface area contributed by atoms with Gasteiger partial charge in [-0.1, -0.05) is 40.0 Å². The molecule has 0 aromatic rings. The number of hydrogen-bond donors (Lipinski definition) is 0. The van der Waals surface area contributed by atoms with Crippen molar-refractivity contribution in [3.05, 3.63) is 0 Å². The molecule has 1 unspecified atom stereocenters. The molecule has 0 spiro atoms. The van der Waals surface area contributed by atoms with Gasteiger partial charge in [-0.2, -0.15) is 10.4 Å². The lowest BCUT2D eigenvalue weighted by Gasteiger charge is -2.29. The Morgan fingerprint density at radius 1 is 1.38 bits per heavy atom. The quantitative estimate of drug-likeness (QED) is 0.512. The first kappa shape index (κ1) is 12.8. The molecule has 0 saturated carbocycles. The van der Waals surface area contributed by atoms with Gasteiger partial charge in [0.2, 0.25) is 0 Å². The number of unbranched alkanes of at least 4 members (excludes halogenated alkanes) is 3. The summed E-state index contributed by atoms with van der Waals surface area (Å²) in [7, 11) is 0. The molecule has 0 radical (unpaired) electrons. The number of nitriles is 1. The molecule has 0 fully saturated rings. The minimum Gasteiger partial charge on any atom is -0.272 e. The lowest BCUT2D eigenvalue weighted by Crippen LogP contribution is -2.41. The Balaban J connectivity index is 2.41. The Labute approximate surface area is 98.5 Å². The number of nitrogens with zero attached hydrogens (tertiary/aromatic N) is 4. The summed E-state index contributed by atoms with van der Waals surface area (Å²) >= 11 is 0. The molecule has 0 aromatic heterocycles. The lowest BCUT2D eigenvalue weighted by atomic mass is 10.1. The first-order valence-corrected chi connectivity index (χ1v) is 6.19. The third-order valence-electron chi connectivity index (χ3n) is 2.87. The first-order valence-electron chi connectivity index (χ1n) is 6.19. The SMILES string of the molecule is CCCCCCN1N=CN(C#N)C1C(C)C. The van der Waals surface area contributed by atoms with Gasteiger partial charge >= 0.3 is 0 Å². The van der Waals surface area contributed by atoms with E-state index in [-0.39, 0.29) is 6.17 Å². The number of hydrogen-bond acceptors (Lipinski definition) is 4. The highest BCUT2D eigenvalue weighted by Crippen LogP contribution is 2.20. The molecule has 4 nitrogen and oxygen atoms in total. The van der Waals surface area contributed by atoms with E-state index in [1.165, 1.54) is 19.3 Å². The van der Waals surface area contributed by atoms with Crippen LogP contribution >= 0.6 is 0 Å². The van der Waals surface area contributed by atoms with E-state index < -0.39 is 0 Å². The van der Waals surface area contributed by atoms with Gasteiger partial charge in [-0.25, -0.2) is 4.90 Å². The van der Waals surface area contributed by atoms with E-state index in [0.29, 0.717) is 5.92 Å². The maximum atomic E-state index is 8.97. The summed E-state index contributed by atoms with van der Waals surface area (Å²) < 4.78 is 0. The smallest absolute Gasteiger partial charge is 0.187 e. The fraction of sp³-hybridized carbons (Fsp3) is 0.833. The zero-order valence-electron chi connectivity index (χ0n) is 10.6. The van der Waals surface area contributed by atoms with Crippen molar-refractivity contribution in [3.63, 3.8) is 0 Å². The molecule has 16 heavy (non-hydrogen) atoms. The summed E-state index contributed by atoms with van der Waals surface area (Å²) in [4.78, 5) is 1.64. The molecule has 1 heterocycles. The van der Waals surface area contributed by atoms with E-state index in [1.807, 2.05) is 5.01 Å². The maximum Gasteiger partial charge on any atom is 0.187 e. The molecule has 1 aliphatic heterocycles. The van der Waals surface area contributed by atoms with Crippen molar-refractivity contribution in [2.45, 2.75) is 52.6 Å². The van der Waals surface area contributed by atoms with E-state index in [4.69, 9.17) is 5.26 Å². The normalized spacial score (nSPS) is 19.6. The Kier molecular flexibility index (Phi) is 5.10. The molecule has 0 saturated heterocycles. The van der Waals surface area contributed by atoms with Crippen molar-refractivity contribution >= 4 is 6.34 Å². The van der Waals surface area contributed by atoms with Gasteiger partial charge in [0.1, 0.15) is 12.5 Å². The van der Waals surface area contributed by atoms with E-state index in [2.05, 4.69) is 32.1 Å². The fourth-order valence-electron chi connectivity index (χ4n) is 2.04. The molecule has 0 aliphatic carbocycles. The van der Waals surface area contributed by atoms with Crippen LogP contribution in [-0.4, -0.2) is 29.0 Å². The molecule has 0 amide bonds. The van der Waals surface area contributed by atoms with Crippen LogP contribution in [0.3, 0.4) is 0 Å². The second-order valence-corrected chi connectivity index (χ2v) is 4.62. The summed E-state index contributed by atoms with van der Waals surface area (Å²) in [6, 6.07) is 0. The molecule has 0 N–H and O–H groups in total. The summed E-state index contributed by atoms with van der Waals surface area (Å²) in [6.45, 7) is 7.42. The van der Waals surface area contributed by atoms with Gasteiger partial charge in [0.05, 0.1) is 0 Å². The average Bonchev–Trinajstić information content (AvgIpc) is 2.67. The molecule has 4 heteroatoms. The van der Waals surface area contributed by atoms with Crippen LogP contribution in [0.2, 0.25) is 0 Å². The second-order valence-electron chi connectivity index (χ2n) is 4.62. The fourth-order valence-corrected chi connectivity index (χ4v) is 2.04. The van der Waals surface area contributed by atoms with Crippen LogP contribution in [0.1, 0.15) is 46.5 Å². The van der Waals surface area contributed by atoms with Gasteiger partial charge in [-0.05, 0) is 12.3 Å². The Morgan fingerprint density at radius 2 is 2.12 bits per heavy atom. The molecule has 0 bridgehead atoms. The molecule has 90 valence electrons. The van der Waals surface area contributed by atoms with Crippen LogP contribution < -0.4 is 0 Å². The third-order valence-corrected chi connectivity index (χ3v) is 2.87. The first-order chi connectivity index (χ1) is 7.70. The average molecular weight is 222 g/mol. The van der Waals surface area contributed by atoms with Crippen LogP contribution in [-0.2, 0) is 0 Å². The van der Waals surface area contributed by atoms with Crippen molar-refractivity contribution < 1.29 is 0 Å². The molecule has 1 rings (SSSR count). The standard InChI is InChI=1S/C12H22N4/c1-4-5-6-7-8-16-12(11(2)3)15(9-13)10-14-16/h10-12H,4-8H2,1-3H3. The Hall–Kier alpha value is -1.24. The van der Waals surface area contributed by atoms with E-state index >= 15 is 0 Å². The van der Waals surface area contributed by atoms with Crippen LogP contribution in [0.5, 0.6) is 0 Å². The largest absolute Gasteiger partial charge is 0.272 e. The van der Waals surface area contributed by atoms with Crippen LogP contribution in [0.4, 0.5) is 0 Å². The summed E-state index contributed by atoms with van der Waals surface area (Å²) in [5.74, 6) is 0.410. The van der Waals surface area contributed by atoms with Gasteiger partial charge in [-0.3, -0.25) is 5.01 Å². The molecule has 1 aliphatic rings. The molecular formula is C12H22N4. The predicted octanol–water partition coefficient (Wildman–Crippen LogP) is 2.59. The molecular weight excluding hydrogens is 200 g/mol. The van der Waals surface area contributed by atoms with Gasteiger partial charge in [0, 0.05) is 6.54 Å². The van der Waals surface area contributed by atoms with Crippen LogP contribution in [0, 0.1) is 17.4 Å². The van der Waals surface area contributed by atoms with Gasteiger partial charge in [0.25, 0.3) is 0 Å². The van der Waals surface area contributed by atoms with Crippen molar-refractivity contribution in [1.82, 2.24) is 9.91 Å². The minimum atomic E-state index is 0.117. The predicted molar refractivity (Wildman–Crippen MR) is 65.4 cm³/mol. The third kappa shape index (κ3) is 3.13. The lowest BCUT2D eigenvalue weighted by molar-refractivity contribution is 0.115. The zero-order valence-corrected chi connectivity index (χ0v) is 10.6. The Morgan fingerprint density at radius 3 is 2.69 bits per heavy atom. The summed E-state index contributed by atoms with van der Waals surface area (Å²) in [5.41, 5.74) is 0. The van der Waals surface area contributed by atoms with Crippen LogP contribution in [0.25, 0.3) is 0 Å². The van der Waals surface area contributed by atoms with Gasteiger partial charge in [0.15, 0.2) is 6.19 Å². The highest BCUT2D eigenvalue weighted by molar-refractivity contribution is 5.59. The minimum absolute atomic E-state index is 0.117. The molecule has 1 atom stereocenters. The highest BCUT2D eigenvalue weighted by Gasteiger charge is 2.30. The van der Waals surface area contributed by atoms with Crippen molar-refractivity contribution in [2.24, 2.45) is 11.0 Å². The zero-order chi connectivity index (χ0) is 12.0. The van der Waals surface area contributed by atoms with E-state index in [9.17, 15) is 0 Å². The van der Waals surface area contributed by atoms with Gasteiger partial charge in [-0.15, -0.1) is 0 Å². The Bertz CT molecular complexity index is 267. The monoisotopic (exact) mass is 222 g/mol. The summed E-state index contributed by atoms with van der Waals surface area (Å²) in [5, 5.41) is 15.3.